The van der Waals surface area contributed by atoms with Gasteiger partial charge in [-0.3, -0.25) is 19.1 Å². The maximum Gasteiger partial charge on any atom is 0.332 e. The summed E-state index contributed by atoms with van der Waals surface area (Å²) in [6.45, 7) is 1.54. The number of aromatic amines is 1. The Morgan fingerprint density at radius 1 is 1.50 bits per heavy atom. The number of hydrogen-bond acceptors (Lipinski definition) is 7. The maximum atomic E-state index is 12.4. The van der Waals surface area contributed by atoms with Crippen molar-refractivity contribution in [3.8, 4) is 0 Å². The Kier molecular flexibility index (Phi) is 7.60. The van der Waals surface area contributed by atoms with Gasteiger partial charge in [0.15, 0.2) is 5.96 Å². The summed E-state index contributed by atoms with van der Waals surface area (Å²) in [6, 6.07) is 0. The average Bonchev–Trinajstić information content (AvgIpc) is 2.95. The summed E-state index contributed by atoms with van der Waals surface area (Å²) >= 11 is 1.75. The third kappa shape index (κ3) is 5.11. The molecule has 0 aliphatic carbocycles. The lowest BCUT2D eigenvalue weighted by atomic mass is 10.1. The van der Waals surface area contributed by atoms with E-state index in [1.807, 2.05) is 6.92 Å². The molecule has 0 saturated carbocycles. The zero-order valence-corrected chi connectivity index (χ0v) is 17.5. The van der Waals surface area contributed by atoms with Crippen LogP contribution in [0.1, 0.15) is 39.0 Å². The molecule has 12 heteroatoms. The molecule has 6 N–H and O–H groups in total. The molecule has 2 heterocycles. The van der Waals surface area contributed by atoms with Crippen LogP contribution in [-0.4, -0.2) is 45.4 Å². The van der Waals surface area contributed by atoms with E-state index in [1.165, 1.54) is 6.20 Å². The van der Waals surface area contributed by atoms with Crippen molar-refractivity contribution >= 4 is 34.5 Å². The summed E-state index contributed by atoms with van der Waals surface area (Å²) in [7, 11) is 0. The van der Waals surface area contributed by atoms with Crippen molar-refractivity contribution in [2.75, 3.05) is 6.61 Å². The number of aliphatic hydroxyl groups is 1. The van der Waals surface area contributed by atoms with Crippen molar-refractivity contribution in [3.05, 3.63) is 30.6 Å². The Hall–Kier alpha value is -1.93. The van der Waals surface area contributed by atoms with Crippen LogP contribution in [-0.2, 0) is 20.1 Å². The number of ether oxygens (including phenoxy) is 2. The van der Waals surface area contributed by atoms with Crippen LogP contribution in [0.15, 0.2) is 20.8 Å². The number of guanidine groups is 1. The van der Waals surface area contributed by atoms with Crippen molar-refractivity contribution in [1.29, 1.82) is 0 Å². The summed E-state index contributed by atoms with van der Waals surface area (Å²) in [5, 5.41) is 9.67. The highest BCUT2D eigenvalue weighted by Crippen LogP contribution is 2.37. The van der Waals surface area contributed by atoms with E-state index < -0.39 is 41.9 Å². The molecule has 1 aromatic rings. The normalized spacial score (nSPS) is 24.1. The highest BCUT2D eigenvalue weighted by Gasteiger charge is 2.51. The van der Waals surface area contributed by atoms with Crippen LogP contribution in [0.5, 0.6) is 0 Å². The summed E-state index contributed by atoms with van der Waals surface area (Å²) in [6.07, 6.45) is 2.07. The SMILES string of the molecule is CCCCCC(=O)O[C@H]1C[C@](N=C(N)N)(n2cc([125I])c(=O)[nH]c2=O)O[C@@H]1CO. The molecule has 3 atom stereocenters. The highest BCUT2D eigenvalue weighted by molar-refractivity contribution is 14.1. The number of esters is 1. The molecular formula is C16H24IN5O6. The van der Waals surface area contributed by atoms with Gasteiger partial charge in [-0.15, -0.1) is 0 Å². The Labute approximate surface area is 174 Å². The van der Waals surface area contributed by atoms with Crippen LogP contribution < -0.4 is 22.7 Å². The van der Waals surface area contributed by atoms with E-state index in [-0.39, 0.29) is 22.4 Å². The largest absolute Gasteiger partial charge is 0.459 e. The number of carbonyl (C=O) groups is 1. The van der Waals surface area contributed by atoms with Gasteiger partial charge in [0, 0.05) is 12.6 Å². The number of carbonyl (C=O) groups excluding carboxylic acids is 1. The van der Waals surface area contributed by atoms with Crippen molar-refractivity contribution in [1.82, 2.24) is 9.55 Å². The van der Waals surface area contributed by atoms with Gasteiger partial charge in [0.2, 0.25) is 0 Å². The summed E-state index contributed by atoms with van der Waals surface area (Å²) in [5.74, 6) is -2.58. The van der Waals surface area contributed by atoms with Gasteiger partial charge < -0.3 is 26.0 Å². The number of unbranched alkanes of at least 4 members (excludes halogenated alkanes) is 2. The molecule has 0 spiro atoms. The summed E-state index contributed by atoms with van der Waals surface area (Å²) < 4.78 is 12.4. The van der Waals surface area contributed by atoms with Gasteiger partial charge in [0.05, 0.1) is 16.6 Å². The zero-order valence-electron chi connectivity index (χ0n) is 15.4. The molecule has 1 aliphatic heterocycles. The lowest BCUT2D eigenvalue weighted by molar-refractivity contribution is -0.155. The van der Waals surface area contributed by atoms with Crippen LogP contribution in [0.25, 0.3) is 0 Å². The number of nitrogens with two attached hydrogens (primary N) is 2. The van der Waals surface area contributed by atoms with Gasteiger partial charge in [-0.2, -0.15) is 4.99 Å². The van der Waals surface area contributed by atoms with Gasteiger partial charge in [0.1, 0.15) is 12.2 Å². The van der Waals surface area contributed by atoms with Gasteiger partial charge in [-0.05, 0) is 29.0 Å². The fourth-order valence-corrected chi connectivity index (χ4v) is 3.38. The molecule has 0 aromatic carbocycles. The number of rotatable bonds is 8. The van der Waals surface area contributed by atoms with Crippen LogP contribution in [0, 0.1) is 3.57 Å². The zero-order chi connectivity index (χ0) is 20.9. The highest BCUT2D eigenvalue weighted by atomic mass is 125. The number of hydrogen-bond donors (Lipinski definition) is 4. The van der Waals surface area contributed by atoms with Gasteiger partial charge in [-0.1, -0.05) is 19.8 Å². The van der Waals surface area contributed by atoms with Gasteiger partial charge in [0.25, 0.3) is 11.4 Å². The predicted molar refractivity (Wildman–Crippen MR) is 108 cm³/mol. The van der Waals surface area contributed by atoms with E-state index in [4.69, 9.17) is 20.9 Å². The van der Waals surface area contributed by atoms with Crippen molar-refractivity contribution in [3.63, 3.8) is 0 Å². The smallest absolute Gasteiger partial charge is 0.332 e. The maximum absolute atomic E-state index is 12.4. The quantitative estimate of drug-likeness (QED) is 0.117. The molecule has 1 aromatic heterocycles. The van der Waals surface area contributed by atoms with E-state index in [0.29, 0.717) is 6.42 Å². The second-order valence-corrected chi connectivity index (χ2v) is 7.58. The van der Waals surface area contributed by atoms with E-state index in [1.54, 1.807) is 22.6 Å². The van der Waals surface area contributed by atoms with Crippen molar-refractivity contribution in [2.45, 2.75) is 57.1 Å². The van der Waals surface area contributed by atoms with E-state index in [0.717, 1.165) is 17.4 Å². The number of nitrogens with zero attached hydrogens (tertiary/aromatic N) is 2. The minimum absolute atomic E-state index is 0.113. The molecule has 0 unspecified atom stereocenters. The number of aliphatic imine (C=N–C) groups is 1. The predicted octanol–water partition coefficient (Wildman–Crippen LogP) is -0.702. The molecule has 0 amide bonds. The number of halogens is 1. The molecule has 0 radical (unpaired) electrons. The minimum atomic E-state index is -1.76. The number of nitrogens with one attached hydrogen (secondary N) is 1. The van der Waals surface area contributed by atoms with E-state index in [2.05, 4.69) is 9.98 Å². The second-order valence-electron chi connectivity index (χ2n) is 6.41. The molecule has 0 bridgehead atoms. The third-order valence-electron chi connectivity index (χ3n) is 4.25. The Balaban J connectivity index is 2.37. The van der Waals surface area contributed by atoms with Crippen molar-refractivity contribution in [2.24, 2.45) is 16.5 Å². The Bertz CT molecular complexity index is 849. The van der Waals surface area contributed by atoms with Crippen molar-refractivity contribution < 1.29 is 19.4 Å². The summed E-state index contributed by atoms with van der Waals surface area (Å²) in [4.78, 5) is 42.3. The average molecular weight is 507 g/mol. The Morgan fingerprint density at radius 3 is 2.82 bits per heavy atom. The molecule has 156 valence electrons. The molecule has 28 heavy (non-hydrogen) atoms. The molecule has 2 rings (SSSR count). The number of aromatic nitrogens is 2. The molecular weight excluding hydrogens is 483 g/mol. The van der Waals surface area contributed by atoms with E-state index in [9.17, 15) is 19.5 Å². The molecule has 1 fully saturated rings. The fraction of sp³-hybridized carbons (Fsp3) is 0.625. The standard InChI is InChI=1S/C16H24IN5O6/c1-2-3-4-5-12(24)27-10-6-16(21-14(18)19,28-11(10)8-23)22-7-9(17)13(25)20-15(22)26/h7,10-11,23H,2-6,8H2,1H3,(H4,18,19,21)(H,20,25,26)/t10-,11+,16-/m0/s1/i17-2. The van der Waals surface area contributed by atoms with Crippen LogP contribution in [0.2, 0.25) is 0 Å². The number of H-pyrrole nitrogens is 1. The summed E-state index contributed by atoms with van der Waals surface area (Å²) in [5.41, 5.74) is 9.66. The molecule has 1 aliphatic rings. The second kappa shape index (κ2) is 9.52. The minimum Gasteiger partial charge on any atom is -0.459 e. The fourth-order valence-electron chi connectivity index (χ4n) is 2.97. The monoisotopic (exact) mass is 507 g/mol. The first-order valence-corrected chi connectivity index (χ1v) is 9.91. The third-order valence-corrected chi connectivity index (χ3v) is 5.02. The van der Waals surface area contributed by atoms with Gasteiger partial charge >= 0.3 is 11.7 Å². The first kappa shape index (κ1) is 22.4. The van der Waals surface area contributed by atoms with Crippen LogP contribution in [0.4, 0.5) is 0 Å². The topological polar surface area (TPSA) is 175 Å². The van der Waals surface area contributed by atoms with Crippen LogP contribution in [0.3, 0.4) is 0 Å². The first-order chi connectivity index (χ1) is 13.2. The van der Waals surface area contributed by atoms with Gasteiger partial charge in [-0.25, -0.2) is 4.79 Å². The molecule has 11 nitrogen and oxygen atoms in total. The van der Waals surface area contributed by atoms with E-state index >= 15 is 0 Å². The Morgan fingerprint density at radius 2 is 2.21 bits per heavy atom. The first-order valence-electron chi connectivity index (χ1n) is 8.83. The molecule has 1 saturated heterocycles. The van der Waals surface area contributed by atoms with Crippen LogP contribution >= 0.6 is 22.6 Å². The number of aliphatic hydroxyl groups excluding tert-OH is 1. The lowest BCUT2D eigenvalue weighted by Gasteiger charge is -2.26. The lowest BCUT2D eigenvalue weighted by Crippen LogP contribution is -2.45.